The molecule has 202 valence electrons. The maximum Gasteiger partial charge on any atom is 0.309 e. The number of rotatable bonds is 5. The third-order valence-electron chi connectivity index (χ3n) is 7.55. The summed E-state index contributed by atoms with van der Waals surface area (Å²) < 4.78 is 11.4. The van der Waals surface area contributed by atoms with E-state index >= 15 is 0 Å². The Labute approximate surface area is 227 Å². The van der Waals surface area contributed by atoms with Gasteiger partial charge in [-0.05, 0) is 61.2 Å². The largest absolute Gasteiger partial charge is 0.416 e. The quantitative estimate of drug-likeness (QED) is 0.377. The molecule has 9 heteroatoms. The van der Waals surface area contributed by atoms with Gasteiger partial charge in [-0.1, -0.05) is 49.4 Å². The molecule has 2 aliphatic heterocycles. The van der Waals surface area contributed by atoms with Crippen molar-refractivity contribution in [2.24, 2.45) is 0 Å². The van der Waals surface area contributed by atoms with Crippen molar-refractivity contribution >= 4 is 35.1 Å². The topological polar surface area (TPSA) is 106 Å². The fraction of sp³-hybridized carbons (Fsp3) is 0.483. The van der Waals surface area contributed by atoms with Gasteiger partial charge < -0.3 is 25.4 Å². The first-order valence-electron chi connectivity index (χ1n) is 13.5. The summed E-state index contributed by atoms with van der Waals surface area (Å²) >= 11 is 6.62. The number of carbonyl (C=O) groups excluding carboxylic acids is 3. The number of ether oxygens (including phenoxy) is 2. The van der Waals surface area contributed by atoms with Crippen LogP contribution in [0.4, 0.5) is 5.69 Å². The van der Waals surface area contributed by atoms with Crippen LogP contribution in [0.15, 0.2) is 36.4 Å². The highest BCUT2D eigenvalue weighted by molar-refractivity contribution is 6.33. The van der Waals surface area contributed by atoms with Crippen LogP contribution < -0.4 is 16.0 Å². The summed E-state index contributed by atoms with van der Waals surface area (Å²) in [6.45, 7) is 1.24. The first-order valence-corrected chi connectivity index (χ1v) is 13.9. The third kappa shape index (κ3) is 5.97. The molecule has 1 saturated carbocycles. The van der Waals surface area contributed by atoms with E-state index in [2.05, 4.69) is 16.0 Å². The summed E-state index contributed by atoms with van der Waals surface area (Å²) in [5, 5.41) is 10.4. The molecule has 0 bridgehead atoms. The van der Waals surface area contributed by atoms with Crippen LogP contribution in [-0.2, 0) is 37.8 Å². The Morgan fingerprint density at radius 2 is 1.63 bits per heavy atom. The van der Waals surface area contributed by atoms with Gasteiger partial charge in [0.2, 0.25) is 0 Å². The van der Waals surface area contributed by atoms with Crippen molar-refractivity contribution in [2.75, 3.05) is 18.4 Å². The average molecular weight is 540 g/mol. The highest BCUT2D eigenvalue weighted by atomic mass is 35.5. The molecule has 1 spiro atoms. The number of anilines is 1. The van der Waals surface area contributed by atoms with Crippen LogP contribution in [0.25, 0.3) is 0 Å². The van der Waals surface area contributed by atoms with E-state index in [0.29, 0.717) is 41.3 Å². The van der Waals surface area contributed by atoms with Gasteiger partial charge >= 0.3 is 11.9 Å². The second-order valence-corrected chi connectivity index (χ2v) is 10.7. The Hall–Kier alpha value is -3.10. The van der Waals surface area contributed by atoms with Crippen molar-refractivity contribution in [1.82, 2.24) is 10.6 Å². The van der Waals surface area contributed by atoms with Gasteiger partial charge in [0.05, 0.1) is 30.1 Å². The zero-order valence-corrected chi connectivity index (χ0v) is 22.2. The van der Waals surface area contributed by atoms with Crippen LogP contribution in [0, 0.1) is 0 Å². The summed E-state index contributed by atoms with van der Waals surface area (Å²) in [7, 11) is 0. The Morgan fingerprint density at radius 3 is 2.32 bits per heavy atom. The van der Waals surface area contributed by atoms with Gasteiger partial charge in [-0.3, -0.25) is 14.4 Å². The minimum Gasteiger partial charge on any atom is -0.416 e. The van der Waals surface area contributed by atoms with E-state index in [-0.39, 0.29) is 31.3 Å². The van der Waals surface area contributed by atoms with Gasteiger partial charge in [0.1, 0.15) is 0 Å². The predicted octanol–water partition coefficient (Wildman–Crippen LogP) is 4.58. The van der Waals surface area contributed by atoms with Crippen molar-refractivity contribution in [3.63, 3.8) is 0 Å². The second kappa shape index (κ2) is 11.7. The molecular formula is C29H34ClN3O5. The number of carbonyl (C=O) groups is 3. The summed E-state index contributed by atoms with van der Waals surface area (Å²) in [5.74, 6) is -2.50. The molecule has 0 aromatic heterocycles. The number of fused-ring (bicyclic) bond motifs is 2. The molecule has 3 N–H and O–H groups in total. The molecule has 5 rings (SSSR count). The lowest BCUT2D eigenvalue weighted by Gasteiger charge is -2.32. The van der Waals surface area contributed by atoms with E-state index in [9.17, 15) is 14.4 Å². The molecule has 0 unspecified atom stereocenters. The SMILES string of the molecule is O=C1CCC(=O)OC2(CNCCc3c2ccc(Cl)c3NCc2ccc(C(=O)NC3CCCCCC3)cc2)O1. The van der Waals surface area contributed by atoms with Crippen LogP contribution >= 0.6 is 11.6 Å². The number of benzene rings is 2. The predicted molar refractivity (Wildman–Crippen MR) is 144 cm³/mol. The Balaban J connectivity index is 1.31. The van der Waals surface area contributed by atoms with E-state index in [1.807, 2.05) is 24.3 Å². The van der Waals surface area contributed by atoms with Crippen LogP contribution in [0.3, 0.4) is 0 Å². The zero-order chi connectivity index (χ0) is 26.5. The highest BCUT2D eigenvalue weighted by Crippen LogP contribution is 2.40. The molecule has 2 aromatic carbocycles. The molecule has 1 amide bonds. The number of halogens is 1. The average Bonchev–Trinajstić information content (AvgIpc) is 3.32. The van der Waals surface area contributed by atoms with Crippen LogP contribution in [0.1, 0.15) is 78.4 Å². The van der Waals surface area contributed by atoms with Crippen molar-refractivity contribution in [3.05, 3.63) is 63.7 Å². The lowest BCUT2D eigenvalue weighted by atomic mass is 9.96. The summed E-state index contributed by atoms with van der Waals surface area (Å²) in [6.07, 6.45) is 7.51. The lowest BCUT2D eigenvalue weighted by Crippen LogP contribution is -2.43. The van der Waals surface area contributed by atoms with Crippen molar-refractivity contribution in [2.45, 2.75) is 76.2 Å². The van der Waals surface area contributed by atoms with E-state index in [0.717, 1.165) is 24.0 Å². The standard InChI is InChI=1S/C29H34ClN3O5/c30-24-12-11-23-22(15-16-31-18-29(23)37-25(34)13-14-26(35)38-29)27(24)32-17-19-7-9-20(10-8-19)28(36)33-21-5-3-1-2-4-6-21/h7-12,21,31-32H,1-6,13-18H2,(H,33,36). The van der Waals surface area contributed by atoms with Crippen molar-refractivity contribution in [1.29, 1.82) is 0 Å². The molecule has 8 nitrogen and oxygen atoms in total. The molecule has 38 heavy (non-hydrogen) atoms. The minimum absolute atomic E-state index is 0.0106. The molecule has 1 aliphatic carbocycles. The van der Waals surface area contributed by atoms with Gasteiger partial charge in [0.25, 0.3) is 11.7 Å². The Morgan fingerprint density at radius 1 is 0.947 bits per heavy atom. The van der Waals surface area contributed by atoms with Crippen LogP contribution in [0.2, 0.25) is 5.02 Å². The lowest BCUT2D eigenvalue weighted by molar-refractivity contribution is -0.225. The zero-order valence-electron chi connectivity index (χ0n) is 21.4. The molecule has 3 aliphatic rings. The third-order valence-corrected chi connectivity index (χ3v) is 7.86. The molecule has 2 aromatic rings. The van der Waals surface area contributed by atoms with Gasteiger partial charge in [-0.25, -0.2) is 0 Å². The number of hydrogen-bond acceptors (Lipinski definition) is 7. The monoisotopic (exact) mass is 539 g/mol. The van der Waals surface area contributed by atoms with Gasteiger partial charge in [-0.15, -0.1) is 0 Å². The fourth-order valence-electron chi connectivity index (χ4n) is 5.52. The Bertz CT molecular complexity index is 1170. The molecule has 2 heterocycles. The van der Waals surface area contributed by atoms with Crippen molar-refractivity contribution < 1.29 is 23.9 Å². The number of amides is 1. The fourth-order valence-corrected chi connectivity index (χ4v) is 5.77. The Kier molecular flexibility index (Phi) is 8.19. The molecule has 2 fully saturated rings. The number of nitrogens with one attached hydrogen (secondary N) is 3. The smallest absolute Gasteiger partial charge is 0.309 e. The van der Waals surface area contributed by atoms with E-state index in [1.165, 1.54) is 25.7 Å². The van der Waals surface area contributed by atoms with Crippen LogP contribution in [0.5, 0.6) is 0 Å². The molecule has 0 radical (unpaired) electrons. The summed E-state index contributed by atoms with van der Waals surface area (Å²) in [6, 6.07) is 11.3. The molecule has 1 saturated heterocycles. The number of hydrogen-bond donors (Lipinski definition) is 3. The van der Waals surface area contributed by atoms with E-state index < -0.39 is 17.7 Å². The maximum absolute atomic E-state index is 12.7. The van der Waals surface area contributed by atoms with Gasteiger partial charge in [-0.2, -0.15) is 0 Å². The molecular weight excluding hydrogens is 506 g/mol. The minimum atomic E-state index is -1.52. The van der Waals surface area contributed by atoms with E-state index in [4.69, 9.17) is 21.1 Å². The summed E-state index contributed by atoms with van der Waals surface area (Å²) in [5.41, 5.74) is 3.79. The maximum atomic E-state index is 12.7. The first kappa shape index (κ1) is 26.5. The van der Waals surface area contributed by atoms with E-state index in [1.54, 1.807) is 12.1 Å². The molecule has 0 atom stereocenters. The summed E-state index contributed by atoms with van der Waals surface area (Å²) in [4.78, 5) is 37.4. The van der Waals surface area contributed by atoms with Gasteiger partial charge in [0.15, 0.2) is 0 Å². The second-order valence-electron chi connectivity index (χ2n) is 10.3. The van der Waals surface area contributed by atoms with Gasteiger partial charge in [0, 0.05) is 23.7 Å². The highest BCUT2D eigenvalue weighted by Gasteiger charge is 2.46. The van der Waals surface area contributed by atoms with Crippen molar-refractivity contribution in [3.8, 4) is 0 Å². The number of esters is 2. The van der Waals surface area contributed by atoms with Crippen LogP contribution in [-0.4, -0.2) is 37.0 Å². The first-order chi connectivity index (χ1) is 18.4. The normalized spacial score (nSPS) is 19.8.